The number of ether oxygens (including phenoxy) is 1. The average molecular weight is 354 g/mol. The minimum absolute atomic E-state index is 0.0208. The summed E-state index contributed by atoms with van der Waals surface area (Å²) in [6.07, 6.45) is -0.746. The van der Waals surface area contributed by atoms with E-state index in [4.69, 9.17) is 10.00 Å². The Balaban J connectivity index is 1.76. The van der Waals surface area contributed by atoms with Crippen molar-refractivity contribution in [2.45, 2.75) is 13.0 Å². The summed E-state index contributed by atoms with van der Waals surface area (Å²) in [4.78, 5) is 22.2. The molecule has 8 nitrogen and oxygen atoms in total. The Hall–Kier alpha value is -3.60. The van der Waals surface area contributed by atoms with Gasteiger partial charge in [0.25, 0.3) is 11.6 Å². The predicted octanol–water partition coefficient (Wildman–Crippen LogP) is 2.46. The quantitative estimate of drug-likeness (QED) is 0.427. The molecule has 2 rings (SSSR count). The third kappa shape index (κ3) is 5.21. The predicted molar refractivity (Wildman–Crippen MR) is 95.8 cm³/mol. The summed E-state index contributed by atoms with van der Waals surface area (Å²) >= 11 is 0. The van der Waals surface area contributed by atoms with E-state index in [1.807, 2.05) is 6.07 Å². The first-order valence-electron chi connectivity index (χ1n) is 7.93. The van der Waals surface area contributed by atoms with Gasteiger partial charge in [0.1, 0.15) is 11.8 Å². The number of para-hydroxylation sites is 1. The Labute approximate surface area is 150 Å². The van der Waals surface area contributed by atoms with Crippen molar-refractivity contribution in [2.24, 2.45) is 0 Å². The van der Waals surface area contributed by atoms with Gasteiger partial charge in [0, 0.05) is 30.9 Å². The lowest BCUT2D eigenvalue weighted by molar-refractivity contribution is -0.384. The van der Waals surface area contributed by atoms with Crippen LogP contribution < -0.4 is 15.4 Å². The van der Waals surface area contributed by atoms with Crippen molar-refractivity contribution in [3.8, 4) is 11.8 Å². The summed E-state index contributed by atoms with van der Waals surface area (Å²) < 4.78 is 5.53. The summed E-state index contributed by atoms with van der Waals surface area (Å²) in [5, 5.41) is 25.4. The van der Waals surface area contributed by atoms with Gasteiger partial charge in [-0.1, -0.05) is 12.1 Å². The first-order valence-corrected chi connectivity index (χ1v) is 7.93. The van der Waals surface area contributed by atoms with Gasteiger partial charge in [-0.2, -0.15) is 5.26 Å². The van der Waals surface area contributed by atoms with Gasteiger partial charge in [-0.15, -0.1) is 0 Å². The number of hydrogen-bond donors (Lipinski definition) is 2. The van der Waals surface area contributed by atoms with Crippen LogP contribution in [0.1, 0.15) is 12.5 Å². The summed E-state index contributed by atoms with van der Waals surface area (Å²) in [6.45, 7) is 2.40. The van der Waals surface area contributed by atoms with Crippen molar-refractivity contribution in [3.63, 3.8) is 0 Å². The SMILES string of the molecule is CC(Oc1ccccc1C#N)C(=O)NCCNc1ccc([N+](=O)[O-])cc1. The van der Waals surface area contributed by atoms with Crippen molar-refractivity contribution in [1.29, 1.82) is 5.26 Å². The van der Waals surface area contributed by atoms with Gasteiger partial charge in [0.2, 0.25) is 0 Å². The minimum Gasteiger partial charge on any atom is -0.480 e. The largest absolute Gasteiger partial charge is 0.480 e. The topological polar surface area (TPSA) is 117 Å². The van der Waals surface area contributed by atoms with Crippen LogP contribution in [0.5, 0.6) is 5.75 Å². The maximum atomic E-state index is 12.1. The fourth-order valence-corrected chi connectivity index (χ4v) is 2.14. The number of nitriles is 1. The first-order chi connectivity index (χ1) is 12.5. The first kappa shape index (κ1) is 18.7. The summed E-state index contributed by atoms with van der Waals surface area (Å²) in [5.74, 6) is 0.0601. The van der Waals surface area contributed by atoms with Crippen LogP contribution in [0, 0.1) is 21.4 Å². The maximum Gasteiger partial charge on any atom is 0.269 e. The Morgan fingerprint density at radius 1 is 1.23 bits per heavy atom. The van der Waals surface area contributed by atoms with Gasteiger partial charge >= 0.3 is 0 Å². The van der Waals surface area contributed by atoms with E-state index in [0.29, 0.717) is 24.4 Å². The van der Waals surface area contributed by atoms with Crippen molar-refractivity contribution < 1.29 is 14.5 Å². The third-order valence-corrected chi connectivity index (χ3v) is 3.51. The van der Waals surface area contributed by atoms with Crippen LogP contribution in [0.15, 0.2) is 48.5 Å². The zero-order valence-corrected chi connectivity index (χ0v) is 14.1. The van der Waals surface area contributed by atoms with E-state index >= 15 is 0 Å². The Bertz CT molecular complexity index is 815. The monoisotopic (exact) mass is 354 g/mol. The number of carbonyl (C=O) groups excluding carboxylic acids is 1. The highest BCUT2D eigenvalue weighted by molar-refractivity contribution is 5.80. The number of rotatable bonds is 8. The number of nitrogens with zero attached hydrogens (tertiary/aromatic N) is 2. The lowest BCUT2D eigenvalue weighted by Gasteiger charge is -2.15. The van der Waals surface area contributed by atoms with E-state index in [2.05, 4.69) is 10.6 Å². The highest BCUT2D eigenvalue weighted by Gasteiger charge is 2.15. The molecule has 26 heavy (non-hydrogen) atoms. The zero-order chi connectivity index (χ0) is 18.9. The number of carbonyl (C=O) groups is 1. The molecule has 0 aliphatic heterocycles. The second kappa shape index (κ2) is 9.03. The number of nitro benzene ring substituents is 1. The van der Waals surface area contributed by atoms with Crippen molar-refractivity contribution in [2.75, 3.05) is 18.4 Å². The Morgan fingerprint density at radius 3 is 2.58 bits per heavy atom. The molecule has 0 saturated carbocycles. The molecule has 1 atom stereocenters. The molecule has 2 aromatic carbocycles. The molecule has 2 N–H and O–H groups in total. The molecule has 0 fully saturated rings. The molecule has 0 aromatic heterocycles. The molecule has 2 aromatic rings. The fraction of sp³-hybridized carbons (Fsp3) is 0.222. The normalized spacial score (nSPS) is 11.1. The van der Waals surface area contributed by atoms with Gasteiger partial charge in [0.05, 0.1) is 10.5 Å². The molecule has 0 saturated heterocycles. The molecule has 0 heterocycles. The van der Waals surface area contributed by atoms with Crippen LogP contribution in [-0.4, -0.2) is 30.0 Å². The van der Waals surface area contributed by atoms with E-state index in [0.717, 1.165) is 5.69 Å². The minimum atomic E-state index is -0.746. The summed E-state index contributed by atoms with van der Waals surface area (Å²) in [6, 6.07) is 14.7. The molecule has 0 spiro atoms. The van der Waals surface area contributed by atoms with E-state index in [9.17, 15) is 14.9 Å². The number of nitro groups is 1. The molecule has 0 radical (unpaired) electrons. The lowest BCUT2D eigenvalue weighted by atomic mass is 10.2. The highest BCUT2D eigenvalue weighted by Crippen LogP contribution is 2.18. The number of nitrogens with one attached hydrogen (secondary N) is 2. The van der Waals surface area contributed by atoms with Crippen molar-refractivity contribution in [3.05, 3.63) is 64.2 Å². The average Bonchev–Trinajstić information content (AvgIpc) is 2.65. The van der Waals surface area contributed by atoms with Crippen molar-refractivity contribution >= 4 is 17.3 Å². The lowest BCUT2D eigenvalue weighted by Crippen LogP contribution is -2.38. The van der Waals surface area contributed by atoms with Gasteiger partial charge in [0.15, 0.2) is 6.10 Å². The van der Waals surface area contributed by atoms with Gasteiger partial charge < -0.3 is 15.4 Å². The van der Waals surface area contributed by atoms with E-state index in [-0.39, 0.29) is 11.6 Å². The standard InChI is InChI=1S/C18H18N4O4/c1-13(26-17-5-3-2-4-14(17)12-19)18(23)21-11-10-20-15-6-8-16(9-7-15)22(24)25/h2-9,13,20H,10-11H2,1H3,(H,21,23). The maximum absolute atomic E-state index is 12.1. The van der Waals surface area contributed by atoms with E-state index in [1.165, 1.54) is 12.1 Å². The third-order valence-electron chi connectivity index (χ3n) is 3.51. The molecular formula is C18H18N4O4. The Morgan fingerprint density at radius 2 is 1.92 bits per heavy atom. The number of anilines is 1. The second-order valence-corrected chi connectivity index (χ2v) is 5.39. The smallest absolute Gasteiger partial charge is 0.269 e. The number of hydrogen-bond acceptors (Lipinski definition) is 6. The highest BCUT2D eigenvalue weighted by atomic mass is 16.6. The van der Waals surface area contributed by atoms with Crippen LogP contribution in [0.25, 0.3) is 0 Å². The van der Waals surface area contributed by atoms with Gasteiger partial charge in [-0.05, 0) is 31.2 Å². The van der Waals surface area contributed by atoms with Crippen LogP contribution >= 0.6 is 0 Å². The van der Waals surface area contributed by atoms with Crippen LogP contribution in [0.4, 0.5) is 11.4 Å². The number of amides is 1. The molecule has 1 unspecified atom stereocenters. The van der Waals surface area contributed by atoms with E-state index < -0.39 is 11.0 Å². The fourth-order valence-electron chi connectivity index (χ4n) is 2.14. The van der Waals surface area contributed by atoms with Gasteiger partial charge in [-0.3, -0.25) is 14.9 Å². The van der Waals surface area contributed by atoms with Crippen LogP contribution in [0.3, 0.4) is 0 Å². The zero-order valence-electron chi connectivity index (χ0n) is 14.1. The Kier molecular flexibility index (Phi) is 6.51. The van der Waals surface area contributed by atoms with Crippen LogP contribution in [-0.2, 0) is 4.79 Å². The molecule has 1 amide bonds. The molecule has 0 aliphatic rings. The molecule has 0 bridgehead atoms. The molecular weight excluding hydrogens is 336 g/mol. The van der Waals surface area contributed by atoms with Gasteiger partial charge in [-0.25, -0.2) is 0 Å². The van der Waals surface area contributed by atoms with Crippen LogP contribution in [0.2, 0.25) is 0 Å². The second-order valence-electron chi connectivity index (χ2n) is 5.39. The molecule has 134 valence electrons. The van der Waals surface area contributed by atoms with E-state index in [1.54, 1.807) is 43.3 Å². The number of non-ortho nitro benzene ring substituents is 1. The number of benzene rings is 2. The molecule has 8 heteroatoms. The summed E-state index contributed by atoms with van der Waals surface area (Å²) in [5.41, 5.74) is 1.11. The van der Waals surface area contributed by atoms with Crippen molar-refractivity contribution in [1.82, 2.24) is 5.32 Å². The molecule has 0 aliphatic carbocycles. The summed E-state index contributed by atoms with van der Waals surface area (Å²) in [7, 11) is 0.